The van der Waals surface area contributed by atoms with Gasteiger partial charge in [-0.1, -0.05) is 13.8 Å². The van der Waals surface area contributed by atoms with Crippen LogP contribution in [-0.4, -0.2) is 36.0 Å². The molecule has 21 heavy (non-hydrogen) atoms. The van der Waals surface area contributed by atoms with Gasteiger partial charge in [0.2, 0.25) is 5.28 Å². The Bertz CT molecular complexity index is 424. The number of anilines is 1. The molecule has 0 amide bonds. The number of nitrogens with zero attached hydrogens (tertiary/aromatic N) is 2. The third kappa shape index (κ3) is 5.77. The van der Waals surface area contributed by atoms with Crippen LogP contribution >= 0.6 is 11.6 Å². The van der Waals surface area contributed by atoms with E-state index in [2.05, 4.69) is 29.1 Å². The van der Waals surface area contributed by atoms with Crippen molar-refractivity contribution in [3.63, 3.8) is 0 Å². The molecule has 0 aliphatic rings. The summed E-state index contributed by atoms with van der Waals surface area (Å²) < 4.78 is 11.0. The van der Waals surface area contributed by atoms with E-state index in [1.165, 1.54) is 0 Å². The molecule has 0 bridgehead atoms. The average Bonchev–Trinajstić information content (AvgIpc) is 2.47. The summed E-state index contributed by atoms with van der Waals surface area (Å²) in [5, 5.41) is 3.62. The lowest BCUT2D eigenvalue weighted by atomic mass is 10.1. The summed E-state index contributed by atoms with van der Waals surface area (Å²) in [5.74, 6) is 0.820. The molecular formula is C15H26ClN3O2. The Kier molecular flexibility index (Phi) is 8.57. The Morgan fingerprint density at radius 2 is 1.71 bits per heavy atom. The zero-order valence-corrected chi connectivity index (χ0v) is 14.2. The molecule has 6 heteroatoms. The summed E-state index contributed by atoms with van der Waals surface area (Å²) in [6, 6.07) is 0. The van der Waals surface area contributed by atoms with Gasteiger partial charge in [-0.15, -0.1) is 0 Å². The van der Waals surface area contributed by atoms with Crippen LogP contribution in [0, 0.1) is 0 Å². The molecule has 1 rings (SSSR count). The van der Waals surface area contributed by atoms with Crippen molar-refractivity contribution in [3.05, 3.63) is 16.5 Å². The van der Waals surface area contributed by atoms with Crippen molar-refractivity contribution >= 4 is 17.4 Å². The van der Waals surface area contributed by atoms with Crippen LogP contribution in [0.25, 0.3) is 0 Å². The maximum Gasteiger partial charge on any atom is 0.224 e. The van der Waals surface area contributed by atoms with Gasteiger partial charge in [0.25, 0.3) is 0 Å². The smallest absolute Gasteiger partial charge is 0.224 e. The quantitative estimate of drug-likeness (QED) is 0.529. The molecule has 0 atom stereocenters. The molecule has 0 saturated heterocycles. The van der Waals surface area contributed by atoms with E-state index >= 15 is 0 Å². The van der Waals surface area contributed by atoms with E-state index in [-0.39, 0.29) is 11.6 Å². The number of rotatable bonds is 10. The highest BCUT2D eigenvalue weighted by atomic mass is 35.5. The van der Waals surface area contributed by atoms with Crippen molar-refractivity contribution < 1.29 is 9.47 Å². The second kappa shape index (κ2) is 9.92. The highest BCUT2D eigenvalue weighted by molar-refractivity contribution is 6.28. The standard InChI is InChI=1S/C15H26ClN3O2/c1-5-11-12(6-2)18-15(16)19-14(11)17-10-9-13(20-7-3)21-8-4/h13H,5-10H2,1-4H3,(H,17,18,19). The van der Waals surface area contributed by atoms with Gasteiger partial charge in [-0.2, -0.15) is 0 Å². The van der Waals surface area contributed by atoms with Crippen molar-refractivity contribution in [3.8, 4) is 0 Å². The fraction of sp³-hybridized carbons (Fsp3) is 0.733. The molecule has 0 spiro atoms. The van der Waals surface area contributed by atoms with Crippen molar-refractivity contribution in [1.82, 2.24) is 9.97 Å². The molecule has 0 aliphatic carbocycles. The first-order valence-electron chi connectivity index (χ1n) is 7.68. The number of hydrogen-bond donors (Lipinski definition) is 1. The molecule has 0 aromatic carbocycles. The first-order chi connectivity index (χ1) is 10.2. The first-order valence-corrected chi connectivity index (χ1v) is 8.06. The van der Waals surface area contributed by atoms with E-state index in [0.29, 0.717) is 19.8 Å². The third-order valence-electron chi connectivity index (χ3n) is 3.13. The van der Waals surface area contributed by atoms with Crippen molar-refractivity contribution in [2.75, 3.05) is 25.1 Å². The molecule has 0 radical (unpaired) electrons. The molecule has 0 fully saturated rings. The molecule has 1 heterocycles. The van der Waals surface area contributed by atoms with Crippen molar-refractivity contribution in [2.45, 2.75) is 53.2 Å². The topological polar surface area (TPSA) is 56.3 Å². The van der Waals surface area contributed by atoms with Crippen LogP contribution in [-0.2, 0) is 22.3 Å². The lowest BCUT2D eigenvalue weighted by molar-refractivity contribution is -0.137. The van der Waals surface area contributed by atoms with E-state index in [1.54, 1.807) is 0 Å². The second-order valence-corrected chi connectivity index (χ2v) is 4.87. The third-order valence-corrected chi connectivity index (χ3v) is 3.30. The Morgan fingerprint density at radius 1 is 1.05 bits per heavy atom. The molecular weight excluding hydrogens is 290 g/mol. The van der Waals surface area contributed by atoms with Gasteiger partial charge in [0.15, 0.2) is 6.29 Å². The minimum absolute atomic E-state index is 0.180. The van der Waals surface area contributed by atoms with E-state index in [1.807, 2.05) is 13.8 Å². The van der Waals surface area contributed by atoms with Gasteiger partial charge in [0, 0.05) is 31.7 Å². The fourth-order valence-electron chi connectivity index (χ4n) is 2.21. The van der Waals surface area contributed by atoms with Crippen LogP contribution in [0.4, 0.5) is 5.82 Å². The molecule has 0 aliphatic heterocycles. The first kappa shape index (κ1) is 18.1. The molecule has 120 valence electrons. The highest BCUT2D eigenvalue weighted by Crippen LogP contribution is 2.20. The molecule has 0 unspecified atom stereocenters. The summed E-state index contributed by atoms with van der Waals surface area (Å²) >= 11 is 5.99. The number of hydrogen-bond acceptors (Lipinski definition) is 5. The number of halogens is 1. The molecule has 5 nitrogen and oxygen atoms in total. The number of nitrogens with one attached hydrogen (secondary N) is 1. The van der Waals surface area contributed by atoms with Gasteiger partial charge >= 0.3 is 0 Å². The molecule has 0 saturated carbocycles. The van der Waals surface area contributed by atoms with Crippen LogP contribution in [0.1, 0.15) is 45.4 Å². The fourth-order valence-corrected chi connectivity index (χ4v) is 2.39. The van der Waals surface area contributed by atoms with Gasteiger partial charge in [0.05, 0.1) is 5.69 Å². The average molecular weight is 316 g/mol. The van der Waals surface area contributed by atoms with Gasteiger partial charge in [-0.05, 0) is 38.3 Å². The minimum atomic E-state index is -0.180. The van der Waals surface area contributed by atoms with Crippen LogP contribution in [0.5, 0.6) is 0 Å². The summed E-state index contributed by atoms with van der Waals surface area (Å²) in [5.41, 5.74) is 2.14. The van der Waals surface area contributed by atoms with E-state index in [0.717, 1.165) is 36.3 Å². The van der Waals surface area contributed by atoms with Crippen molar-refractivity contribution in [1.29, 1.82) is 0 Å². The maximum atomic E-state index is 5.99. The highest BCUT2D eigenvalue weighted by Gasteiger charge is 2.12. The lowest BCUT2D eigenvalue weighted by Gasteiger charge is -2.18. The van der Waals surface area contributed by atoms with Crippen LogP contribution in [0.2, 0.25) is 5.28 Å². The summed E-state index contributed by atoms with van der Waals surface area (Å²) in [4.78, 5) is 8.59. The van der Waals surface area contributed by atoms with E-state index in [4.69, 9.17) is 21.1 Å². The number of aryl methyl sites for hydroxylation is 1. The molecule has 1 aromatic heterocycles. The number of aromatic nitrogens is 2. The zero-order valence-electron chi connectivity index (χ0n) is 13.4. The summed E-state index contributed by atoms with van der Waals surface area (Å²) in [7, 11) is 0. The van der Waals surface area contributed by atoms with Crippen LogP contribution in [0.3, 0.4) is 0 Å². The van der Waals surface area contributed by atoms with Gasteiger partial charge in [-0.3, -0.25) is 0 Å². The lowest BCUT2D eigenvalue weighted by Crippen LogP contribution is -2.21. The van der Waals surface area contributed by atoms with Crippen LogP contribution in [0.15, 0.2) is 0 Å². The second-order valence-electron chi connectivity index (χ2n) is 4.53. The Morgan fingerprint density at radius 3 is 2.24 bits per heavy atom. The van der Waals surface area contributed by atoms with Gasteiger partial charge in [-0.25, -0.2) is 9.97 Å². The predicted molar refractivity (Wildman–Crippen MR) is 85.9 cm³/mol. The minimum Gasteiger partial charge on any atom is -0.369 e. The molecule has 1 aromatic rings. The number of ether oxygens (including phenoxy) is 2. The normalized spacial score (nSPS) is 11.1. The summed E-state index contributed by atoms with van der Waals surface area (Å²) in [6.45, 7) is 10.1. The van der Waals surface area contributed by atoms with E-state index in [9.17, 15) is 0 Å². The zero-order chi connectivity index (χ0) is 15.7. The van der Waals surface area contributed by atoms with Crippen molar-refractivity contribution in [2.24, 2.45) is 0 Å². The monoisotopic (exact) mass is 315 g/mol. The maximum absolute atomic E-state index is 5.99. The van der Waals surface area contributed by atoms with Gasteiger partial charge < -0.3 is 14.8 Å². The predicted octanol–water partition coefficient (Wildman–Crippen LogP) is 3.46. The van der Waals surface area contributed by atoms with Gasteiger partial charge in [0.1, 0.15) is 5.82 Å². The Balaban J connectivity index is 2.67. The van der Waals surface area contributed by atoms with E-state index < -0.39 is 0 Å². The summed E-state index contributed by atoms with van der Waals surface area (Å²) in [6.07, 6.45) is 2.30. The molecule has 1 N–H and O–H groups in total. The SMILES string of the molecule is CCOC(CCNc1nc(Cl)nc(CC)c1CC)OCC. The largest absolute Gasteiger partial charge is 0.369 e. The Hall–Kier alpha value is -0.910. The van der Waals surface area contributed by atoms with Crippen LogP contribution < -0.4 is 5.32 Å². The Labute approximate surface area is 132 Å².